The van der Waals surface area contributed by atoms with Crippen LogP contribution >= 0.6 is 0 Å². The Bertz CT molecular complexity index is 594. The van der Waals surface area contributed by atoms with Crippen LogP contribution in [-0.4, -0.2) is 33.6 Å². The van der Waals surface area contributed by atoms with Gasteiger partial charge in [-0.3, -0.25) is 0 Å². The predicted octanol–water partition coefficient (Wildman–Crippen LogP) is 1.74. The summed E-state index contributed by atoms with van der Waals surface area (Å²) in [6.45, 7) is 0. The standard InChI is InChI=1S/C16H18O5/c1-21-12-6-7-13(14(18)9-12)16(20)15(19)8-10-2-4-11(17)5-3-10/h2-7,9,15-20H,8H2,1H3/t15-,16-/m1/s1. The molecule has 2 aromatic rings. The van der Waals surface area contributed by atoms with E-state index in [4.69, 9.17) is 4.74 Å². The van der Waals surface area contributed by atoms with Crippen LogP contribution in [0.5, 0.6) is 17.2 Å². The summed E-state index contributed by atoms with van der Waals surface area (Å²) in [6, 6.07) is 10.9. The molecule has 2 atom stereocenters. The first-order chi connectivity index (χ1) is 10.0. The second-order valence-electron chi connectivity index (χ2n) is 4.81. The Morgan fingerprint density at radius 3 is 2.24 bits per heavy atom. The lowest BCUT2D eigenvalue weighted by molar-refractivity contribution is 0.0176. The molecule has 0 saturated carbocycles. The van der Waals surface area contributed by atoms with E-state index in [1.54, 1.807) is 18.2 Å². The van der Waals surface area contributed by atoms with Crippen LogP contribution in [0.25, 0.3) is 0 Å². The van der Waals surface area contributed by atoms with Crippen LogP contribution in [0.1, 0.15) is 17.2 Å². The molecule has 0 radical (unpaired) electrons. The zero-order valence-electron chi connectivity index (χ0n) is 11.6. The summed E-state index contributed by atoms with van der Waals surface area (Å²) >= 11 is 0. The van der Waals surface area contributed by atoms with Gasteiger partial charge in [0.1, 0.15) is 23.4 Å². The van der Waals surface area contributed by atoms with Crippen LogP contribution in [-0.2, 0) is 6.42 Å². The van der Waals surface area contributed by atoms with Crippen molar-refractivity contribution < 1.29 is 25.2 Å². The highest BCUT2D eigenvalue weighted by molar-refractivity contribution is 5.41. The van der Waals surface area contributed by atoms with Crippen molar-refractivity contribution in [3.8, 4) is 17.2 Å². The second-order valence-corrected chi connectivity index (χ2v) is 4.81. The molecule has 21 heavy (non-hydrogen) atoms. The lowest BCUT2D eigenvalue weighted by Gasteiger charge is -2.19. The largest absolute Gasteiger partial charge is 0.508 e. The fourth-order valence-electron chi connectivity index (χ4n) is 2.09. The van der Waals surface area contributed by atoms with Gasteiger partial charge >= 0.3 is 0 Å². The van der Waals surface area contributed by atoms with Gasteiger partial charge in [0, 0.05) is 18.1 Å². The molecule has 0 aromatic heterocycles. The zero-order chi connectivity index (χ0) is 15.4. The highest BCUT2D eigenvalue weighted by Gasteiger charge is 2.22. The molecule has 0 aliphatic carbocycles. The zero-order valence-corrected chi connectivity index (χ0v) is 11.6. The predicted molar refractivity (Wildman–Crippen MR) is 77.4 cm³/mol. The normalized spacial score (nSPS) is 13.7. The lowest BCUT2D eigenvalue weighted by Crippen LogP contribution is -2.21. The number of benzene rings is 2. The lowest BCUT2D eigenvalue weighted by atomic mass is 9.97. The number of hydrogen-bond acceptors (Lipinski definition) is 5. The fraction of sp³-hybridized carbons (Fsp3) is 0.250. The van der Waals surface area contributed by atoms with Gasteiger partial charge in [-0.1, -0.05) is 12.1 Å². The minimum absolute atomic E-state index is 0.133. The van der Waals surface area contributed by atoms with Gasteiger partial charge < -0.3 is 25.2 Å². The molecule has 4 N–H and O–H groups in total. The molecule has 0 bridgehead atoms. The van der Waals surface area contributed by atoms with Crippen LogP contribution in [0.4, 0.5) is 0 Å². The van der Waals surface area contributed by atoms with Crippen molar-refractivity contribution in [2.45, 2.75) is 18.6 Å². The maximum Gasteiger partial charge on any atom is 0.125 e. The van der Waals surface area contributed by atoms with Crippen LogP contribution in [0, 0.1) is 0 Å². The van der Waals surface area contributed by atoms with Crippen molar-refractivity contribution >= 4 is 0 Å². The SMILES string of the molecule is COc1ccc([C@@H](O)[C@H](O)Cc2ccc(O)cc2)c(O)c1. The van der Waals surface area contributed by atoms with E-state index >= 15 is 0 Å². The van der Waals surface area contributed by atoms with Gasteiger partial charge in [-0.05, 0) is 29.8 Å². The highest BCUT2D eigenvalue weighted by Crippen LogP contribution is 2.31. The van der Waals surface area contributed by atoms with Crippen molar-refractivity contribution in [3.63, 3.8) is 0 Å². The Morgan fingerprint density at radius 2 is 1.67 bits per heavy atom. The quantitative estimate of drug-likeness (QED) is 0.673. The Labute approximate surface area is 122 Å². The summed E-state index contributed by atoms with van der Waals surface area (Å²) in [6.07, 6.45) is -2.09. The summed E-state index contributed by atoms with van der Waals surface area (Å²) in [5, 5.41) is 39.3. The molecular formula is C16H18O5. The summed E-state index contributed by atoms with van der Waals surface area (Å²) < 4.78 is 4.97. The topological polar surface area (TPSA) is 90.2 Å². The molecule has 0 fully saturated rings. The van der Waals surface area contributed by atoms with E-state index < -0.39 is 12.2 Å². The summed E-state index contributed by atoms with van der Waals surface area (Å²) in [5.41, 5.74) is 1.01. The van der Waals surface area contributed by atoms with Crippen molar-refractivity contribution in [1.82, 2.24) is 0 Å². The number of methoxy groups -OCH3 is 1. The molecule has 0 saturated heterocycles. The Hall–Kier alpha value is -2.24. The number of aliphatic hydroxyl groups excluding tert-OH is 2. The van der Waals surface area contributed by atoms with E-state index in [1.807, 2.05) is 0 Å². The number of aromatic hydroxyl groups is 2. The Morgan fingerprint density at radius 1 is 1.00 bits per heavy atom. The number of ether oxygens (including phenoxy) is 1. The molecule has 0 amide bonds. The molecule has 0 heterocycles. The minimum atomic E-state index is -1.22. The molecule has 5 nitrogen and oxygen atoms in total. The number of phenols is 2. The third-order valence-corrected chi connectivity index (χ3v) is 3.30. The molecule has 0 aliphatic heterocycles. The first kappa shape index (κ1) is 15.2. The maximum absolute atomic E-state index is 10.1. The summed E-state index contributed by atoms with van der Waals surface area (Å²) in [4.78, 5) is 0. The Balaban J connectivity index is 2.11. The third-order valence-electron chi connectivity index (χ3n) is 3.30. The summed E-state index contributed by atoms with van der Waals surface area (Å²) in [7, 11) is 1.48. The monoisotopic (exact) mass is 290 g/mol. The number of rotatable bonds is 5. The van der Waals surface area contributed by atoms with Gasteiger partial charge in [0.2, 0.25) is 0 Å². The third kappa shape index (κ3) is 3.65. The Kier molecular flexibility index (Phi) is 4.67. The van der Waals surface area contributed by atoms with Crippen LogP contribution in [0.3, 0.4) is 0 Å². The summed E-state index contributed by atoms with van der Waals surface area (Å²) in [5.74, 6) is 0.477. The average Bonchev–Trinajstić information content (AvgIpc) is 2.48. The van der Waals surface area contributed by atoms with E-state index in [-0.39, 0.29) is 23.5 Å². The molecule has 0 aliphatic rings. The van der Waals surface area contributed by atoms with Crippen LogP contribution in [0.15, 0.2) is 42.5 Å². The van der Waals surface area contributed by atoms with E-state index in [1.165, 1.54) is 31.4 Å². The van der Waals surface area contributed by atoms with Crippen molar-refractivity contribution in [2.75, 3.05) is 7.11 Å². The van der Waals surface area contributed by atoms with Gasteiger partial charge in [0.15, 0.2) is 0 Å². The highest BCUT2D eigenvalue weighted by atomic mass is 16.5. The number of hydrogen-bond donors (Lipinski definition) is 4. The fourth-order valence-corrected chi connectivity index (χ4v) is 2.09. The van der Waals surface area contributed by atoms with E-state index in [2.05, 4.69) is 0 Å². The molecule has 0 unspecified atom stereocenters. The van der Waals surface area contributed by atoms with Crippen LogP contribution in [0.2, 0.25) is 0 Å². The van der Waals surface area contributed by atoms with Gasteiger partial charge in [-0.2, -0.15) is 0 Å². The minimum Gasteiger partial charge on any atom is -0.508 e. The van der Waals surface area contributed by atoms with Crippen molar-refractivity contribution in [2.24, 2.45) is 0 Å². The van der Waals surface area contributed by atoms with Gasteiger partial charge in [-0.25, -0.2) is 0 Å². The molecule has 5 heteroatoms. The van der Waals surface area contributed by atoms with E-state index in [0.29, 0.717) is 5.75 Å². The molecule has 2 aromatic carbocycles. The van der Waals surface area contributed by atoms with Gasteiger partial charge in [-0.15, -0.1) is 0 Å². The second kappa shape index (κ2) is 6.47. The number of phenolic OH excluding ortho intramolecular Hbond substituents is 2. The first-order valence-electron chi connectivity index (χ1n) is 6.52. The van der Waals surface area contributed by atoms with Crippen molar-refractivity contribution in [3.05, 3.63) is 53.6 Å². The first-order valence-corrected chi connectivity index (χ1v) is 6.52. The molecule has 2 rings (SSSR count). The molecular weight excluding hydrogens is 272 g/mol. The molecule has 112 valence electrons. The van der Waals surface area contributed by atoms with E-state index in [0.717, 1.165) is 5.56 Å². The molecule has 0 spiro atoms. The maximum atomic E-state index is 10.1. The van der Waals surface area contributed by atoms with Crippen LogP contribution < -0.4 is 4.74 Å². The van der Waals surface area contributed by atoms with Gasteiger partial charge in [0.25, 0.3) is 0 Å². The van der Waals surface area contributed by atoms with Gasteiger partial charge in [0.05, 0.1) is 13.2 Å². The van der Waals surface area contributed by atoms with E-state index in [9.17, 15) is 20.4 Å². The van der Waals surface area contributed by atoms with Crippen molar-refractivity contribution in [1.29, 1.82) is 0 Å². The smallest absolute Gasteiger partial charge is 0.125 e. The average molecular weight is 290 g/mol. The number of aliphatic hydroxyl groups is 2.